The molecule has 6 atom stereocenters. The van der Waals surface area contributed by atoms with Crippen LogP contribution in [0, 0.1) is 17.8 Å². The highest BCUT2D eigenvalue weighted by molar-refractivity contribution is 6.06. The summed E-state index contributed by atoms with van der Waals surface area (Å²) in [7, 11) is 0. The third-order valence-corrected chi connectivity index (χ3v) is 9.34. The van der Waals surface area contributed by atoms with Crippen LogP contribution < -0.4 is 0 Å². The predicted molar refractivity (Wildman–Crippen MR) is 151 cm³/mol. The first-order valence-corrected chi connectivity index (χ1v) is 14.4. The van der Waals surface area contributed by atoms with E-state index in [1.165, 1.54) is 5.56 Å². The number of guanidine groups is 1. The molecule has 6 aliphatic rings. The lowest BCUT2D eigenvalue weighted by Gasteiger charge is -2.45. The molecule has 1 aromatic rings. The van der Waals surface area contributed by atoms with Gasteiger partial charge in [0.2, 0.25) is 5.96 Å². The van der Waals surface area contributed by atoms with Gasteiger partial charge in [-0.1, -0.05) is 78.9 Å². The molecule has 1 amide bonds. The molecule has 3 aliphatic heterocycles. The van der Waals surface area contributed by atoms with Crippen molar-refractivity contribution in [1.82, 2.24) is 14.7 Å². The molecule has 38 heavy (non-hydrogen) atoms. The highest BCUT2D eigenvalue weighted by atomic mass is 16.2. The number of carbonyl (C=O) groups excluding carboxylic acids is 1. The van der Waals surface area contributed by atoms with E-state index in [1.54, 1.807) is 0 Å². The van der Waals surface area contributed by atoms with Crippen LogP contribution in [-0.2, 0) is 11.3 Å². The third kappa shape index (κ3) is 3.79. The number of aliphatic imine (C=N–C) groups is 2. The van der Waals surface area contributed by atoms with E-state index in [-0.39, 0.29) is 17.6 Å². The molecule has 1 aromatic carbocycles. The minimum Gasteiger partial charge on any atom is -0.333 e. The first kappa shape index (κ1) is 23.7. The van der Waals surface area contributed by atoms with Crippen molar-refractivity contribution in [3.8, 4) is 0 Å². The van der Waals surface area contributed by atoms with Gasteiger partial charge in [0, 0.05) is 32.0 Å². The summed E-state index contributed by atoms with van der Waals surface area (Å²) in [5.74, 6) is 3.35. The second kappa shape index (κ2) is 9.40. The van der Waals surface area contributed by atoms with E-state index >= 15 is 0 Å². The van der Waals surface area contributed by atoms with E-state index in [9.17, 15) is 4.79 Å². The Labute approximate surface area is 225 Å². The number of rotatable bonds is 5. The van der Waals surface area contributed by atoms with Crippen LogP contribution >= 0.6 is 0 Å². The number of fused-ring (bicyclic) bond motifs is 5. The molecule has 0 radical (unpaired) electrons. The molecule has 0 bridgehead atoms. The van der Waals surface area contributed by atoms with Crippen LogP contribution in [0.4, 0.5) is 0 Å². The van der Waals surface area contributed by atoms with Gasteiger partial charge in [0.15, 0.2) is 6.04 Å². The average molecular weight is 508 g/mol. The van der Waals surface area contributed by atoms with E-state index in [1.807, 2.05) is 4.90 Å². The third-order valence-electron chi connectivity index (χ3n) is 9.34. The number of hydrogen-bond acceptors (Lipinski definition) is 5. The zero-order valence-electron chi connectivity index (χ0n) is 22.2. The molecular formula is C32H37N5O. The van der Waals surface area contributed by atoms with Gasteiger partial charge in [0.05, 0.1) is 5.54 Å². The van der Waals surface area contributed by atoms with Gasteiger partial charge in [-0.05, 0) is 50.0 Å². The molecule has 6 nitrogen and oxygen atoms in total. The molecule has 1 spiro atoms. The summed E-state index contributed by atoms with van der Waals surface area (Å²) in [5, 5.41) is 0. The Balaban J connectivity index is 1.27. The lowest BCUT2D eigenvalue weighted by atomic mass is 9.83. The lowest BCUT2D eigenvalue weighted by molar-refractivity contribution is -0.133. The molecular weight excluding hydrogens is 470 g/mol. The average Bonchev–Trinajstić information content (AvgIpc) is 3.52. The Kier molecular flexibility index (Phi) is 5.86. The number of hydrogen-bond donors (Lipinski definition) is 0. The maximum atomic E-state index is 14.0. The molecule has 7 rings (SSSR count). The monoisotopic (exact) mass is 507 g/mol. The molecule has 1 saturated carbocycles. The van der Waals surface area contributed by atoms with E-state index in [0.29, 0.717) is 24.3 Å². The quantitative estimate of drug-likeness (QED) is 0.531. The Hall–Kier alpha value is -3.41. The molecule has 6 heteroatoms. The van der Waals surface area contributed by atoms with Crippen molar-refractivity contribution < 1.29 is 4.79 Å². The Bertz CT molecular complexity index is 1280. The van der Waals surface area contributed by atoms with Crippen molar-refractivity contribution in [3.05, 3.63) is 84.5 Å². The molecule has 2 fully saturated rings. The van der Waals surface area contributed by atoms with E-state index in [4.69, 9.17) is 9.98 Å². The van der Waals surface area contributed by atoms with Gasteiger partial charge in [-0.25, -0.2) is 4.99 Å². The molecule has 0 N–H and O–H groups in total. The van der Waals surface area contributed by atoms with Crippen LogP contribution in [0.2, 0.25) is 0 Å². The minimum absolute atomic E-state index is 0.0996. The van der Waals surface area contributed by atoms with Crippen LogP contribution in [-0.4, -0.2) is 63.2 Å². The van der Waals surface area contributed by atoms with E-state index in [2.05, 4.69) is 95.7 Å². The molecule has 3 heterocycles. The number of carbonyl (C=O) groups is 1. The van der Waals surface area contributed by atoms with Crippen molar-refractivity contribution in [2.75, 3.05) is 13.1 Å². The van der Waals surface area contributed by atoms with E-state index in [0.717, 1.165) is 57.0 Å². The van der Waals surface area contributed by atoms with E-state index < -0.39 is 6.04 Å². The first-order chi connectivity index (χ1) is 18.7. The molecule has 0 aromatic heterocycles. The summed E-state index contributed by atoms with van der Waals surface area (Å²) in [4.78, 5) is 31.5. The largest absolute Gasteiger partial charge is 0.333 e. The van der Waals surface area contributed by atoms with Crippen LogP contribution in [0.3, 0.4) is 0 Å². The van der Waals surface area contributed by atoms with Crippen molar-refractivity contribution in [2.24, 2.45) is 27.7 Å². The van der Waals surface area contributed by atoms with Crippen LogP contribution in [0.5, 0.6) is 0 Å². The summed E-state index contributed by atoms with van der Waals surface area (Å²) >= 11 is 0. The molecule has 196 valence electrons. The predicted octanol–water partition coefficient (Wildman–Crippen LogP) is 4.93. The van der Waals surface area contributed by atoms with Crippen molar-refractivity contribution in [1.29, 1.82) is 0 Å². The SMILES string of the molecule is CCN1C(=O)C2N=C(CC3C=CC=CC3)N(Cc3ccccc3)C2N2CC3(CCC4C=CCC=CC43)N=C12. The summed E-state index contributed by atoms with van der Waals surface area (Å²) in [6.07, 6.45) is 23.2. The van der Waals surface area contributed by atoms with Crippen LogP contribution in [0.15, 0.2) is 88.9 Å². The normalized spacial score (nSPS) is 34.9. The molecule has 6 unspecified atom stereocenters. The molecule has 1 saturated heterocycles. The van der Waals surface area contributed by atoms with Gasteiger partial charge >= 0.3 is 0 Å². The van der Waals surface area contributed by atoms with Crippen molar-refractivity contribution in [2.45, 2.75) is 63.3 Å². The maximum absolute atomic E-state index is 14.0. The molecule has 3 aliphatic carbocycles. The zero-order valence-corrected chi connectivity index (χ0v) is 22.2. The summed E-state index contributed by atoms with van der Waals surface area (Å²) < 4.78 is 0. The van der Waals surface area contributed by atoms with Gasteiger partial charge in [-0.15, -0.1) is 0 Å². The fourth-order valence-corrected chi connectivity index (χ4v) is 7.52. The highest BCUT2D eigenvalue weighted by Crippen LogP contribution is 2.50. The second-order valence-corrected chi connectivity index (χ2v) is 11.6. The summed E-state index contributed by atoms with van der Waals surface area (Å²) in [6.45, 7) is 4.29. The highest BCUT2D eigenvalue weighted by Gasteiger charge is 2.59. The standard InChI is InChI=1S/C32H37N5O/c1-2-35-30(38)28-29(37-22-32(34-31(35)37)19-18-25-16-10-5-11-17-26(25)32)36(21-24-14-8-4-9-15-24)27(33-28)20-23-12-6-3-7-13-23/h3-4,6-12,14-17,23,25-26,28-29H,2,5,13,18-22H2,1H3. The smallest absolute Gasteiger partial charge is 0.258 e. The maximum Gasteiger partial charge on any atom is 0.258 e. The number of allylic oxidation sites excluding steroid dienone is 7. The topological polar surface area (TPSA) is 51.5 Å². The Morgan fingerprint density at radius 2 is 1.92 bits per heavy atom. The van der Waals surface area contributed by atoms with Crippen molar-refractivity contribution >= 4 is 17.7 Å². The second-order valence-electron chi connectivity index (χ2n) is 11.6. The summed E-state index contributed by atoms with van der Waals surface area (Å²) in [5.41, 5.74) is 1.07. The fourth-order valence-electron chi connectivity index (χ4n) is 7.52. The minimum atomic E-state index is -0.410. The van der Waals surface area contributed by atoms with Gasteiger partial charge in [0.1, 0.15) is 12.0 Å². The van der Waals surface area contributed by atoms with Crippen LogP contribution in [0.25, 0.3) is 0 Å². The number of likely N-dealkylation sites (N-methyl/N-ethyl adjacent to an activating group) is 1. The number of nitrogens with zero attached hydrogens (tertiary/aromatic N) is 5. The summed E-state index contributed by atoms with van der Waals surface area (Å²) in [6, 6.07) is 10.2. The fraction of sp³-hybridized carbons (Fsp3) is 0.469. The number of benzene rings is 1. The van der Waals surface area contributed by atoms with Gasteiger partial charge in [-0.2, -0.15) is 0 Å². The first-order valence-electron chi connectivity index (χ1n) is 14.4. The van der Waals surface area contributed by atoms with Crippen LogP contribution in [0.1, 0.15) is 44.6 Å². The van der Waals surface area contributed by atoms with Gasteiger partial charge < -0.3 is 9.80 Å². The lowest BCUT2D eigenvalue weighted by Crippen LogP contribution is -2.66. The Morgan fingerprint density at radius 1 is 1.05 bits per heavy atom. The Morgan fingerprint density at radius 3 is 2.74 bits per heavy atom. The van der Waals surface area contributed by atoms with Crippen molar-refractivity contribution in [3.63, 3.8) is 0 Å². The number of amides is 1. The van der Waals surface area contributed by atoms with Gasteiger partial charge in [-0.3, -0.25) is 14.7 Å². The zero-order chi connectivity index (χ0) is 25.7. The van der Waals surface area contributed by atoms with Gasteiger partial charge in [0.25, 0.3) is 5.91 Å². The number of amidine groups is 1.